The molecule has 5 rings (SSSR count). The number of pyridine rings is 1. The predicted molar refractivity (Wildman–Crippen MR) is 109 cm³/mol. The summed E-state index contributed by atoms with van der Waals surface area (Å²) in [5.74, 6) is 0.352. The standard InChI is InChI=1S/C21H20N6O3/c28-15-5-4-14(9-15)27-12-17(20(26-27)16-3-1-2-8-22-16)25-21(29)19-7-6-18(30-19)13-10-23-24-11-13/h1-3,6-8,10-12,14-15,28H,4-5,9H2,(H,23,24)(H,25,29)/t14-,15-/m0/s1. The summed E-state index contributed by atoms with van der Waals surface area (Å²) < 4.78 is 7.49. The first kappa shape index (κ1) is 18.3. The zero-order chi connectivity index (χ0) is 20.5. The molecule has 0 aromatic carbocycles. The molecule has 1 fully saturated rings. The van der Waals surface area contributed by atoms with Crippen LogP contribution in [-0.4, -0.2) is 42.1 Å². The molecule has 3 N–H and O–H groups in total. The summed E-state index contributed by atoms with van der Waals surface area (Å²) in [6, 6.07) is 8.97. The van der Waals surface area contributed by atoms with E-state index in [1.807, 2.05) is 22.9 Å². The molecule has 4 aromatic rings. The summed E-state index contributed by atoms with van der Waals surface area (Å²) in [6.07, 6.45) is 8.70. The number of aliphatic hydroxyl groups is 1. The second-order valence-electron chi connectivity index (χ2n) is 7.31. The van der Waals surface area contributed by atoms with Gasteiger partial charge >= 0.3 is 0 Å². The van der Waals surface area contributed by atoms with Gasteiger partial charge in [0.25, 0.3) is 5.91 Å². The molecule has 2 atom stereocenters. The van der Waals surface area contributed by atoms with Crippen LogP contribution >= 0.6 is 0 Å². The van der Waals surface area contributed by atoms with Crippen molar-refractivity contribution in [1.82, 2.24) is 25.0 Å². The number of carbonyl (C=O) groups excluding carboxylic acids is 1. The fourth-order valence-electron chi connectivity index (χ4n) is 3.72. The highest BCUT2D eigenvalue weighted by atomic mass is 16.4. The molecule has 0 saturated heterocycles. The monoisotopic (exact) mass is 404 g/mol. The largest absolute Gasteiger partial charge is 0.451 e. The molecule has 1 aliphatic carbocycles. The second kappa shape index (κ2) is 7.60. The summed E-state index contributed by atoms with van der Waals surface area (Å²) in [6.45, 7) is 0. The average molecular weight is 404 g/mol. The minimum absolute atomic E-state index is 0.0874. The van der Waals surface area contributed by atoms with Crippen molar-refractivity contribution in [3.05, 3.63) is 60.9 Å². The Hall–Kier alpha value is -3.72. The molecule has 0 radical (unpaired) electrons. The number of hydrogen-bond acceptors (Lipinski definition) is 6. The number of carbonyl (C=O) groups is 1. The van der Waals surface area contributed by atoms with E-state index < -0.39 is 0 Å². The number of amides is 1. The lowest BCUT2D eigenvalue weighted by atomic mass is 10.2. The zero-order valence-electron chi connectivity index (χ0n) is 16.0. The summed E-state index contributed by atoms with van der Waals surface area (Å²) in [5, 5.41) is 24.1. The number of aromatic nitrogens is 5. The molecule has 0 bridgehead atoms. The Bertz CT molecular complexity index is 1150. The smallest absolute Gasteiger partial charge is 0.291 e. The van der Waals surface area contributed by atoms with Gasteiger partial charge in [-0.25, -0.2) is 0 Å². The Kier molecular flexibility index (Phi) is 4.64. The molecule has 1 amide bonds. The van der Waals surface area contributed by atoms with Gasteiger partial charge in [-0.1, -0.05) is 6.07 Å². The van der Waals surface area contributed by atoms with Gasteiger partial charge in [0, 0.05) is 18.6 Å². The van der Waals surface area contributed by atoms with Gasteiger partial charge in [-0.3, -0.25) is 19.6 Å². The quantitative estimate of drug-likeness (QED) is 0.469. The SMILES string of the molecule is O=C(Nc1cn([C@H]2CC[C@H](O)C2)nc1-c1ccccn1)c1ccc(-c2cn[nH]c2)o1. The topological polar surface area (TPSA) is 122 Å². The number of rotatable bonds is 5. The van der Waals surface area contributed by atoms with E-state index in [4.69, 9.17) is 4.42 Å². The van der Waals surface area contributed by atoms with E-state index in [0.717, 1.165) is 18.4 Å². The second-order valence-corrected chi connectivity index (χ2v) is 7.31. The molecule has 0 aliphatic heterocycles. The number of aromatic amines is 1. The van der Waals surface area contributed by atoms with E-state index in [1.54, 1.807) is 36.9 Å². The Balaban J connectivity index is 1.44. The lowest BCUT2D eigenvalue weighted by Crippen LogP contribution is -2.11. The number of nitrogens with one attached hydrogen (secondary N) is 2. The molecule has 30 heavy (non-hydrogen) atoms. The molecule has 0 spiro atoms. The van der Waals surface area contributed by atoms with Crippen LogP contribution in [0.15, 0.2) is 59.5 Å². The maximum Gasteiger partial charge on any atom is 0.291 e. The highest BCUT2D eigenvalue weighted by Gasteiger charge is 2.27. The lowest BCUT2D eigenvalue weighted by Gasteiger charge is -2.09. The first-order chi connectivity index (χ1) is 14.7. The Morgan fingerprint density at radius 3 is 2.93 bits per heavy atom. The number of H-pyrrole nitrogens is 1. The Morgan fingerprint density at radius 2 is 2.20 bits per heavy atom. The van der Waals surface area contributed by atoms with Gasteiger partial charge in [-0.15, -0.1) is 0 Å². The van der Waals surface area contributed by atoms with Crippen LogP contribution in [0.25, 0.3) is 22.7 Å². The molecule has 4 heterocycles. The van der Waals surface area contributed by atoms with Crippen LogP contribution in [0.5, 0.6) is 0 Å². The van der Waals surface area contributed by atoms with Gasteiger partial charge in [0.15, 0.2) is 5.76 Å². The van der Waals surface area contributed by atoms with Crippen molar-refractivity contribution in [3.8, 4) is 22.7 Å². The van der Waals surface area contributed by atoms with Crippen molar-refractivity contribution in [3.63, 3.8) is 0 Å². The minimum atomic E-state index is -0.382. The van der Waals surface area contributed by atoms with Gasteiger partial charge in [0.05, 0.1) is 35.3 Å². The summed E-state index contributed by atoms with van der Waals surface area (Å²) >= 11 is 0. The fraction of sp³-hybridized carbons (Fsp3) is 0.238. The van der Waals surface area contributed by atoms with Crippen molar-refractivity contribution in [2.45, 2.75) is 31.4 Å². The summed E-state index contributed by atoms with van der Waals surface area (Å²) in [5.41, 5.74) is 2.53. The fourth-order valence-corrected chi connectivity index (χ4v) is 3.72. The van der Waals surface area contributed by atoms with E-state index in [-0.39, 0.29) is 23.8 Å². The molecule has 9 nitrogen and oxygen atoms in total. The van der Waals surface area contributed by atoms with Gasteiger partial charge in [0.2, 0.25) is 0 Å². The van der Waals surface area contributed by atoms with Crippen LogP contribution in [-0.2, 0) is 0 Å². The van der Waals surface area contributed by atoms with E-state index >= 15 is 0 Å². The van der Waals surface area contributed by atoms with Crippen LogP contribution in [0.3, 0.4) is 0 Å². The molecule has 1 saturated carbocycles. The van der Waals surface area contributed by atoms with Gasteiger partial charge < -0.3 is 14.8 Å². The van der Waals surface area contributed by atoms with Gasteiger partial charge in [-0.05, 0) is 43.5 Å². The van der Waals surface area contributed by atoms with E-state index in [9.17, 15) is 9.90 Å². The molecule has 0 unspecified atom stereocenters. The Morgan fingerprint density at radius 1 is 1.27 bits per heavy atom. The van der Waals surface area contributed by atoms with Crippen molar-refractivity contribution in [2.24, 2.45) is 0 Å². The lowest BCUT2D eigenvalue weighted by molar-refractivity contribution is 0.0997. The zero-order valence-corrected chi connectivity index (χ0v) is 16.0. The maximum absolute atomic E-state index is 12.8. The first-order valence-corrected chi connectivity index (χ1v) is 9.76. The van der Waals surface area contributed by atoms with Crippen LogP contribution in [0.1, 0.15) is 35.9 Å². The summed E-state index contributed by atoms with van der Waals surface area (Å²) in [4.78, 5) is 17.2. The van der Waals surface area contributed by atoms with Crippen molar-refractivity contribution in [2.75, 3.05) is 5.32 Å². The summed E-state index contributed by atoms with van der Waals surface area (Å²) in [7, 11) is 0. The molecule has 152 valence electrons. The highest BCUT2D eigenvalue weighted by Crippen LogP contribution is 2.33. The van der Waals surface area contributed by atoms with E-state index in [2.05, 4.69) is 25.6 Å². The normalized spacial score (nSPS) is 18.6. The molecular weight excluding hydrogens is 384 g/mol. The number of anilines is 1. The molecular formula is C21H20N6O3. The average Bonchev–Trinajstić information content (AvgIpc) is 3.54. The predicted octanol–water partition coefficient (Wildman–Crippen LogP) is 3.27. The first-order valence-electron chi connectivity index (χ1n) is 9.76. The minimum Gasteiger partial charge on any atom is -0.451 e. The van der Waals surface area contributed by atoms with E-state index in [0.29, 0.717) is 29.3 Å². The van der Waals surface area contributed by atoms with Gasteiger partial charge in [0.1, 0.15) is 11.5 Å². The van der Waals surface area contributed by atoms with Crippen LogP contribution in [0, 0.1) is 0 Å². The Labute approximate surface area is 171 Å². The number of nitrogens with zero attached hydrogens (tertiary/aromatic N) is 4. The maximum atomic E-state index is 12.8. The third-order valence-corrected chi connectivity index (χ3v) is 5.25. The third-order valence-electron chi connectivity index (χ3n) is 5.25. The van der Waals surface area contributed by atoms with Crippen molar-refractivity contribution >= 4 is 11.6 Å². The molecule has 4 aromatic heterocycles. The molecule has 1 aliphatic rings. The highest BCUT2D eigenvalue weighted by molar-refractivity contribution is 6.04. The number of furan rings is 1. The van der Waals surface area contributed by atoms with Gasteiger partial charge in [-0.2, -0.15) is 10.2 Å². The number of hydrogen-bond donors (Lipinski definition) is 3. The molecule has 9 heteroatoms. The number of aliphatic hydroxyl groups excluding tert-OH is 1. The third kappa shape index (κ3) is 3.50. The van der Waals surface area contributed by atoms with E-state index in [1.165, 1.54) is 0 Å². The van der Waals surface area contributed by atoms with Crippen LogP contribution < -0.4 is 5.32 Å². The van der Waals surface area contributed by atoms with Crippen LogP contribution in [0.2, 0.25) is 0 Å². The van der Waals surface area contributed by atoms with Crippen LogP contribution in [0.4, 0.5) is 5.69 Å². The van der Waals surface area contributed by atoms with Crippen molar-refractivity contribution < 1.29 is 14.3 Å². The van der Waals surface area contributed by atoms with Crippen molar-refractivity contribution in [1.29, 1.82) is 0 Å².